The van der Waals surface area contributed by atoms with Crippen LogP contribution in [0.1, 0.15) is 41.0 Å². The smallest absolute Gasteiger partial charge is 0.275 e. The molecule has 0 aliphatic carbocycles. The van der Waals surface area contributed by atoms with Crippen molar-refractivity contribution in [2.75, 3.05) is 6.54 Å². The molecule has 1 aromatic carbocycles. The highest BCUT2D eigenvalue weighted by Crippen LogP contribution is 2.43. The Bertz CT molecular complexity index is 870. The summed E-state index contributed by atoms with van der Waals surface area (Å²) in [5, 5.41) is 10.1. The number of thiophene rings is 1. The number of nitrogens with one attached hydrogen (secondary N) is 1. The molecule has 122 valence electrons. The van der Waals surface area contributed by atoms with Gasteiger partial charge in [0.25, 0.3) is 5.91 Å². The van der Waals surface area contributed by atoms with Crippen LogP contribution in [-0.4, -0.2) is 27.5 Å². The highest BCUT2D eigenvalue weighted by atomic mass is 35.5. The average Bonchev–Trinajstić information content (AvgIpc) is 3.28. The summed E-state index contributed by atoms with van der Waals surface area (Å²) < 4.78 is 0. The zero-order valence-corrected chi connectivity index (χ0v) is 14.7. The molecule has 1 aliphatic heterocycles. The van der Waals surface area contributed by atoms with Gasteiger partial charge < -0.3 is 4.90 Å². The summed E-state index contributed by atoms with van der Waals surface area (Å²) in [5.41, 5.74) is 3.50. The number of carbonyl (C=O) groups is 1. The second-order valence-electron chi connectivity index (χ2n) is 5.79. The van der Waals surface area contributed by atoms with E-state index in [2.05, 4.69) is 17.1 Å². The van der Waals surface area contributed by atoms with Crippen molar-refractivity contribution < 1.29 is 4.79 Å². The minimum atomic E-state index is -0.124. The average molecular weight is 358 g/mol. The zero-order chi connectivity index (χ0) is 16.7. The second kappa shape index (κ2) is 6.07. The molecule has 6 heteroatoms. The fourth-order valence-corrected chi connectivity index (χ4v) is 4.12. The van der Waals surface area contributed by atoms with Gasteiger partial charge in [0, 0.05) is 17.1 Å². The molecule has 0 bridgehead atoms. The fourth-order valence-electron chi connectivity index (χ4n) is 3.26. The molecule has 0 saturated heterocycles. The van der Waals surface area contributed by atoms with Gasteiger partial charge in [0.2, 0.25) is 0 Å². The normalized spacial score (nSPS) is 16.7. The van der Waals surface area contributed by atoms with E-state index in [9.17, 15) is 4.79 Å². The molecule has 0 saturated carbocycles. The van der Waals surface area contributed by atoms with Crippen LogP contribution in [-0.2, 0) is 0 Å². The van der Waals surface area contributed by atoms with Gasteiger partial charge in [-0.05, 0) is 35.6 Å². The summed E-state index contributed by atoms with van der Waals surface area (Å²) in [6.45, 7) is 2.78. The number of amides is 1. The second-order valence-corrected chi connectivity index (χ2v) is 7.17. The first-order valence-electron chi connectivity index (χ1n) is 7.89. The maximum atomic E-state index is 12.8. The van der Waals surface area contributed by atoms with E-state index in [-0.39, 0.29) is 11.9 Å². The number of hydrogen-bond donors (Lipinski definition) is 1. The van der Waals surface area contributed by atoms with Crippen molar-refractivity contribution in [1.29, 1.82) is 0 Å². The standard InChI is InChI=1S/C18H16ClN3OS/c1-2-9-22-17(11-5-7-12(19)8-6-11)14-15(13-4-3-10-24-13)20-21-16(14)18(22)23/h3-8,10,17H,2,9H2,1H3,(H,20,21). The summed E-state index contributed by atoms with van der Waals surface area (Å²) in [7, 11) is 0. The molecular formula is C18H16ClN3OS. The molecule has 2 aromatic heterocycles. The van der Waals surface area contributed by atoms with E-state index in [0.717, 1.165) is 28.1 Å². The summed E-state index contributed by atoms with van der Waals surface area (Å²) >= 11 is 7.68. The Hall–Kier alpha value is -2.11. The van der Waals surface area contributed by atoms with Crippen molar-refractivity contribution in [1.82, 2.24) is 15.1 Å². The quantitative estimate of drug-likeness (QED) is 0.732. The molecule has 0 radical (unpaired) electrons. The van der Waals surface area contributed by atoms with E-state index in [0.29, 0.717) is 17.3 Å². The molecule has 1 amide bonds. The number of hydrogen-bond acceptors (Lipinski definition) is 3. The number of benzene rings is 1. The molecular weight excluding hydrogens is 342 g/mol. The van der Waals surface area contributed by atoms with E-state index in [1.54, 1.807) is 11.3 Å². The first-order chi connectivity index (χ1) is 11.7. The predicted molar refractivity (Wildman–Crippen MR) is 96.5 cm³/mol. The lowest BCUT2D eigenvalue weighted by Crippen LogP contribution is -2.30. The van der Waals surface area contributed by atoms with Crippen molar-refractivity contribution in [3.63, 3.8) is 0 Å². The molecule has 3 aromatic rings. The van der Waals surface area contributed by atoms with E-state index in [4.69, 9.17) is 11.6 Å². The number of carbonyl (C=O) groups excluding carboxylic acids is 1. The summed E-state index contributed by atoms with van der Waals surface area (Å²) in [6.07, 6.45) is 0.901. The third-order valence-corrected chi connectivity index (χ3v) is 5.41. The predicted octanol–water partition coefficient (Wildman–Crippen LogP) is 4.75. The fraction of sp³-hybridized carbons (Fsp3) is 0.222. The van der Waals surface area contributed by atoms with Gasteiger partial charge in [-0.1, -0.05) is 36.7 Å². The topological polar surface area (TPSA) is 49.0 Å². The number of aromatic nitrogens is 2. The van der Waals surface area contributed by atoms with Crippen LogP contribution < -0.4 is 0 Å². The summed E-state index contributed by atoms with van der Waals surface area (Å²) in [6, 6.07) is 11.6. The molecule has 1 unspecified atom stereocenters. The van der Waals surface area contributed by atoms with Gasteiger partial charge in [0.15, 0.2) is 5.69 Å². The Morgan fingerprint density at radius 2 is 2.08 bits per heavy atom. The van der Waals surface area contributed by atoms with Crippen LogP contribution in [0, 0.1) is 0 Å². The monoisotopic (exact) mass is 357 g/mol. The first-order valence-corrected chi connectivity index (χ1v) is 9.15. The van der Waals surface area contributed by atoms with Gasteiger partial charge in [-0.2, -0.15) is 5.10 Å². The van der Waals surface area contributed by atoms with E-state index in [1.807, 2.05) is 46.7 Å². The summed E-state index contributed by atoms with van der Waals surface area (Å²) in [4.78, 5) is 15.8. The van der Waals surface area contributed by atoms with Crippen LogP contribution in [0.4, 0.5) is 0 Å². The van der Waals surface area contributed by atoms with Gasteiger partial charge >= 0.3 is 0 Å². The number of fused-ring (bicyclic) bond motifs is 1. The van der Waals surface area contributed by atoms with Crippen LogP contribution in [0.25, 0.3) is 10.6 Å². The minimum Gasteiger partial charge on any atom is -0.326 e. The number of H-pyrrole nitrogens is 1. The Kier molecular flexibility index (Phi) is 3.90. The van der Waals surface area contributed by atoms with Crippen LogP contribution in [0.2, 0.25) is 5.02 Å². The van der Waals surface area contributed by atoms with Crippen LogP contribution in [0.15, 0.2) is 41.8 Å². The van der Waals surface area contributed by atoms with Crippen LogP contribution in [0.5, 0.6) is 0 Å². The molecule has 0 fully saturated rings. The van der Waals surface area contributed by atoms with Crippen LogP contribution in [0.3, 0.4) is 0 Å². The van der Waals surface area contributed by atoms with Gasteiger partial charge in [0.05, 0.1) is 16.6 Å². The van der Waals surface area contributed by atoms with E-state index >= 15 is 0 Å². The highest BCUT2D eigenvalue weighted by molar-refractivity contribution is 7.13. The molecule has 0 spiro atoms. The maximum absolute atomic E-state index is 12.8. The lowest BCUT2D eigenvalue weighted by Gasteiger charge is -2.26. The van der Waals surface area contributed by atoms with Crippen molar-refractivity contribution in [2.24, 2.45) is 0 Å². The Balaban J connectivity index is 1.89. The molecule has 4 rings (SSSR count). The van der Waals surface area contributed by atoms with Gasteiger partial charge in [0.1, 0.15) is 0 Å². The third-order valence-electron chi connectivity index (χ3n) is 4.27. The van der Waals surface area contributed by atoms with Crippen molar-refractivity contribution in [2.45, 2.75) is 19.4 Å². The number of nitrogens with zero attached hydrogens (tertiary/aromatic N) is 2. The SMILES string of the molecule is CCCN1C(=O)c2n[nH]c(-c3cccs3)c2C1c1ccc(Cl)cc1. The molecule has 4 nitrogen and oxygen atoms in total. The van der Waals surface area contributed by atoms with E-state index < -0.39 is 0 Å². The minimum absolute atomic E-state index is 0.00847. The molecule has 1 aliphatic rings. The Labute approximate surface area is 149 Å². The number of aromatic amines is 1. The van der Waals surface area contributed by atoms with Crippen molar-refractivity contribution >= 4 is 28.8 Å². The molecule has 1 atom stereocenters. The summed E-state index contributed by atoms with van der Waals surface area (Å²) in [5.74, 6) is -0.00847. The maximum Gasteiger partial charge on any atom is 0.275 e. The zero-order valence-electron chi connectivity index (χ0n) is 13.1. The lowest BCUT2D eigenvalue weighted by molar-refractivity contribution is 0.0744. The van der Waals surface area contributed by atoms with Crippen molar-refractivity contribution in [3.8, 4) is 10.6 Å². The van der Waals surface area contributed by atoms with Crippen LogP contribution >= 0.6 is 22.9 Å². The molecule has 24 heavy (non-hydrogen) atoms. The first kappa shape index (κ1) is 15.4. The Morgan fingerprint density at radius 1 is 1.29 bits per heavy atom. The largest absolute Gasteiger partial charge is 0.326 e. The number of halogens is 1. The van der Waals surface area contributed by atoms with Gasteiger partial charge in [-0.25, -0.2) is 0 Å². The third kappa shape index (κ3) is 2.36. The van der Waals surface area contributed by atoms with Crippen molar-refractivity contribution in [3.05, 3.63) is 63.6 Å². The molecule has 1 N–H and O–H groups in total. The van der Waals surface area contributed by atoms with Gasteiger partial charge in [-0.3, -0.25) is 9.89 Å². The lowest BCUT2D eigenvalue weighted by atomic mass is 9.98. The Morgan fingerprint density at radius 3 is 2.75 bits per heavy atom. The number of rotatable bonds is 4. The van der Waals surface area contributed by atoms with E-state index in [1.165, 1.54) is 0 Å². The highest BCUT2D eigenvalue weighted by Gasteiger charge is 2.42. The van der Waals surface area contributed by atoms with Gasteiger partial charge in [-0.15, -0.1) is 11.3 Å². The molecule has 3 heterocycles.